The van der Waals surface area contributed by atoms with Crippen LogP contribution in [0.15, 0.2) is 53.4 Å². The molecule has 2 amide bonds. The molecule has 2 atom stereocenters. The number of hydrogen-bond acceptors (Lipinski definition) is 6. The lowest BCUT2D eigenvalue weighted by Crippen LogP contribution is -2.42. The van der Waals surface area contributed by atoms with Crippen LogP contribution in [0.2, 0.25) is 5.02 Å². The Labute approximate surface area is 178 Å². The van der Waals surface area contributed by atoms with Crippen LogP contribution in [0.3, 0.4) is 0 Å². The number of ether oxygens (including phenoxy) is 1. The lowest BCUT2D eigenvalue weighted by atomic mass is 10.2. The van der Waals surface area contributed by atoms with Crippen molar-refractivity contribution in [2.75, 3.05) is 5.32 Å². The van der Waals surface area contributed by atoms with Gasteiger partial charge in [0.25, 0.3) is 11.8 Å². The first kappa shape index (κ1) is 23.3. The van der Waals surface area contributed by atoms with Gasteiger partial charge in [0.05, 0.1) is 15.5 Å². The van der Waals surface area contributed by atoms with Crippen LogP contribution in [0.1, 0.15) is 24.2 Å². The van der Waals surface area contributed by atoms with Gasteiger partial charge in [0.2, 0.25) is 10.0 Å². The van der Waals surface area contributed by atoms with Gasteiger partial charge in [-0.15, -0.1) is 0 Å². The average molecular weight is 454 g/mol. The molecule has 4 N–H and O–H groups in total. The summed E-state index contributed by atoms with van der Waals surface area (Å²) in [5, 5.41) is 10.2. The third-order valence-corrected chi connectivity index (χ3v) is 5.15. The molecule has 11 heteroatoms. The van der Waals surface area contributed by atoms with Crippen LogP contribution in [-0.2, 0) is 24.3 Å². The SMILES string of the molecule is CC(OC(=O)[C@H](C)NC(=O)c1ccccc1Cl)C(=O)Nc1cccc(S(N)(=O)=O)c1. The number of nitrogens with one attached hydrogen (secondary N) is 2. The van der Waals surface area contributed by atoms with Crippen LogP contribution >= 0.6 is 11.6 Å². The van der Waals surface area contributed by atoms with Crippen LogP contribution in [0, 0.1) is 0 Å². The zero-order chi connectivity index (χ0) is 22.5. The van der Waals surface area contributed by atoms with E-state index in [2.05, 4.69) is 10.6 Å². The predicted octanol–water partition coefficient (Wildman–Crippen LogP) is 1.68. The zero-order valence-corrected chi connectivity index (χ0v) is 17.7. The normalized spacial score (nSPS) is 13.1. The second kappa shape index (κ2) is 9.70. The van der Waals surface area contributed by atoms with Gasteiger partial charge in [-0.2, -0.15) is 0 Å². The summed E-state index contributed by atoms with van der Waals surface area (Å²) in [7, 11) is -3.94. The molecule has 0 fully saturated rings. The molecule has 0 aliphatic carbocycles. The number of carbonyl (C=O) groups excluding carboxylic acids is 3. The Balaban J connectivity index is 1.95. The van der Waals surface area contributed by atoms with Gasteiger partial charge in [-0.05, 0) is 44.2 Å². The Bertz CT molecular complexity index is 1070. The van der Waals surface area contributed by atoms with Crippen molar-refractivity contribution < 1.29 is 27.5 Å². The number of primary sulfonamides is 1. The number of nitrogens with two attached hydrogens (primary N) is 1. The highest BCUT2D eigenvalue weighted by molar-refractivity contribution is 7.89. The van der Waals surface area contributed by atoms with Crippen molar-refractivity contribution in [2.45, 2.75) is 30.9 Å². The fraction of sp³-hybridized carbons (Fsp3) is 0.211. The zero-order valence-electron chi connectivity index (χ0n) is 16.1. The molecule has 0 saturated heterocycles. The second-order valence-corrected chi connectivity index (χ2v) is 8.28. The Kier molecular flexibility index (Phi) is 7.54. The first-order valence-corrected chi connectivity index (χ1v) is 10.6. The van der Waals surface area contributed by atoms with Crippen molar-refractivity contribution in [2.24, 2.45) is 5.14 Å². The van der Waals surface area contributed by atoms with Crippen molar-refractivity contribution in [3.8, 4) is 0 Å². The van der Waals surface area contributed by atoms with E-state index in [0.29, 0.717) is 0 Å². The summed E-state index contributed by atoms with van der Waals surface area (Å²) >= 11 is 5.95. The largest absolute Gasteiger partial charge is 0.451 e. The molecule has 0 saturated carbocycles. The smallest absolute Gasteiger partial charge is 0.329 e. The summed E-state index contributed by atoms with van der Waals surface area (Å²) in [4.78, 5) is 36.5. The Morgan fingerprint density at radius 2 is 1.73 bits per heavy atom. The van der Waals surface area contributed by atoms with Crippen LogP contribution in [0.4, 0.5) is 5.69 Å². The number of esters is 1. The van der Waals surface area contributed by atoms with E-state index in [9.17, 15) is 22.8 Å². The number of carbonyl (C=O) groups is 3. The van der Waals surface area contributed by atoms with Crippen molar-refractivity contribution in [1.82, 2.24) is 5.32 Å². The van der Waals surface area contributed by atoms with E-state index in [1.807, 2.05) is 0 Å². The molecule has 0 radical (unpaired) electrons. The molecule has 0 aromatic heterocycles. The highest BCUT2D eigenvalue weighted by Gasteiger charge is 2.24. The van der Waals surface area contributed by atoms with Crippen LogP contribution in [0.5, 0.6) is 0 Å². The maximum atomic E-state index is 12.2. The second-order valence-electron chi connectivity index (χ2n) is 6.32. The Morgan fingerprint density at radius 1 is 1.07 bits per heavy atom. The summed E-state index contributed by atoms with van der Waals surface area (Å²) in [6.45, 7) is 2.73. The van der Waals surface area contributed by atoms with Gasteiger partial charge in [0, 0.05) is 5.69 Å². The molecule has 30 heavy (non-hydrogen) atoms. The maximum Gasteiger partial charge on any atom is 0.329 e. The first-order chi connectivity index (χ1) is 14.0. The minimum atomic E-state index is -3.94. The minimum absolute atomic E-state index is 0.162. The number of amides is 2. The van der Waals surface area contributed by atoms with Crippen molar-refractivity contribution in [3.63, 3.8) is 0 Å². The fourth-order valence-electron chi connectivity index (χ4n) is 2.30. The molecule has 0 heterocycles. The monoisotopic (exact) mass is 453 g/mol. The maximum absolute atomic E-state index is 12.2. The van der Waals surface area contributed by atoms with E-state index in [-0.39, 0.29) is 21.2 Å². The minimum Gasteiger partial charge on any atom is -0.451 e. The van der Waals surface area contributed by atoms with E-state index in [0.717, 1.165) is 0 Å². The average Bonchev–Trinajstić information content (AvgIpc) is 2.67. The molecular formula is C19H20ClN3O6S. The van der Waals surface area contributed by atoms with Crippen molar-refractivity contribution >= 4 is 45.1 Å². The van der Waals surface area contributed by atoms with Gasteiger partial charge in [-0.25, -0.2) is 18.4 Å². The standard InChI is InChI=1S/C19H20ClN3O6S/c1-11(22-18(25)15-8-3-4-9-16(15)20)19(26)29-12(2)17(24)23-13-6-5-7-14(10-13)30(21,27)28/h3-12H,1-2H3,(H,22,25)(H,23,24)(H2,21,27,28)/t11-,12?/m0/s1. The summed E-state index contributed by atoms with van der Waals surface area (Å²) in [6.07, 6.45) is -1.21. The van der Waals surface area contributed by atoms with E-state index in [1.54, 1.807) is 12.1 Å². The highest BCUT2D eigenvalue weighted by Crippen LogP contribution is 2.16. The molecule has 9 nitrogen and oxygen atoms in total. The van der Waals surface area contributed by atoms with E-state index < -0.39 is 40.0 Å². The summed E-state index contributed by atoms with van der Waals surface area (Å²) in [6, 6.07) is 10.6. The van der Waals surface area contributed by atoms with E-state index >= 15 is 0 Å². The highest BCUT2D eigenvalue weighted by atomic mass is 35.5. The molecule has 2 rings (SSSR count). The third-order valence-electron chi connectivity index (χ3n) is 3.91. The molecule has 0 spiro atoms. The third kappa shape index (κ3) is 6.28. The predicted molar refractivity (Wildman–Crippen MR) is 110 cm³/mol. The van der Waals surface area contributed by atoms with E-state index in [1.165, 1.54) is 50.2 Å². The quantitative estimate of drug-likeness (QED) is 0.544. The Hall–Kier alpha value is -2.95. The molecular weight excluding hydrogens is 434 g/mol. The molecule has 2 aromatic rings. The number of halogens is 1. The topological polar surface area (TPSA) is 145 Å². The molecule has 1 unspecified atom stereocenters. The van der Waals surface area contributed by atoms with Crippen LogP contribution in [-0.4, -0.2) is 38.3 Å². The Morgan fingerprint density at radius 3 is 2.37 bits per heavy atom. The van der Waals surface area contributed by atoms with Crippen molar-refractivity contribution in [1.29, 1.82) is 0 Å². The lowest BCUT2D eigenvalue weighted by molar-refractivity contribution is -0.154. The molecule has 0 aliphatic rings. The molecule has 0 bridgehead atoms. The lowest BCUT2D eigenvalue weighted by Gasteiger charge is -2.18. The number of hydrogen-bond donors (Lipinski definition) is 3. The number of sulfonamides is 1. The van der Waals surface area contributed by atoms with E-state index in [4.69, 9.17) is 21.5 Å². The first-order valence-electron chi connectivity index (χ1n) is 8.68. The van der Waals surface area contributed by atoms with Gasteiger partial charge in [-0.3, -0.25) is 9.59 Å². The van der Waals surface area contributed by atoms with Gasteiger partial charge < -0.3 is 15.4 Å². The molecule has 0 aliphatic heterocycles. The molecule has 2 aromatic carbocycles. The van der Waals surface area contributed by atoms with Gasteiger partial charge in [0.1, 0.15) is 6.04 Å². The van der Waals surface area contributed by atoms with Gasteiger partial charge >= 0.3 is 5.97 Å². The van der Waals surface area contributed by atoms with Gasteiger partial charge in [0.15, 0.2) is 6.10 Å². The summed E-state index contributed by atoms with van der Waals surface area (Å²) < 4.78 is 27.8. The van der Waals surface area contributed by atoms with Gasteiger partial charge in [-0.1, -0.05) is 29.8 Å². The molecule has 160 valence electrons. The van der Waals surface area contributed by atoms with Crippen LogP contribution in [0.25, 0.3) is 0 Å². The summed E-state index contributed by atoms with van der Waals surface area (Å²) in [5.74, 6) is -2.10. The fourth-order valence-corrected chi connectivity index (χ4v) is 3.08. The number of anilines is 1. The number of benzene rings is 2. The summed E-state index contributed by atoms with van der Waals surface area (Å²) in [5.41, 5.74) is 0.355. The van der Waals surface area contributed by atoms with Crippen molar-refractivity contribution in [3.05, 3.63) is 59.1 Å². The van der Waals surface area contributed by atoms with Crippen LogP contribution < -0.4 is 15.8 Å². The number of rotatable bonds is 7.